The highest BCUT2D eigenvalue weighted by Gasteiger charge is 2.44. The zero-order valence-corrected chi connectivity index (χ0v) is 45.7. The topological polar surface area (TPSA) is 39.2 Å². The van der Waals surface area contributed by atoms with Crippen LogP contribution in [0.2, 0.25) is 0 Å². The maximum absolute atomic E-state index is 7.14. The molecule has 2 aromatic heterocycles. The summed E-state index contributed by atoms with van der Waals surface area (Å²) in [6.07, 6.45) is 0. The van der Waals surface area contributed by atoms with Gasteiger partial charge in [-0.25, -0.2) is 0 Å². The zero-order valence-electron chi connectivity index (χ0n) is 45.7. The number of anilines is 12. The second kappa shape index (κ2) is 18.4. The van der Waals surface area contributed by atoms with Gasteiger partial charge in [-0.2, -0.15) is 0 Å². The van der Waals surface area contributed by atoms with E-state index in [1.807, 2.05) is 0 Å². The molecule has 17 rings (SSSR count). The Bertz CT molecular complexity index is 4700. The molecule has 0 amide bonds. The van der Waals surface area contributed by atoms with E-state index in [0.29, 0.717) is 0 Å². The van der Waals surface area contributed by atoms with Crippen molar-refractivity contribution < 1.29 is 8.83 Å². The van der Waals surface area contributed by atoms with E-state index < -0.39 is 0 Å². The van der Waals surface area contributed by atoms with Crippen molar-refractivity contribution in [1.82, 2.24) is 0 Å². The van der Waals surface area contributed by atoms with Crippen molar-refractivity contribution in [2.45, 2.75) is 13.8 Å². The summed E-state index contributed by atoms with van der Waals surface area (Å²) in [4.78, 5) is 9.64. The van der Waals surface area contributed by atoms with Gasteiger partial charge in [0.15, 0.2) is 0 Å². The van der Waals surface area contributed by atoms with E-state index >= 15 is 0 Å². The molecule has 0 fully saturated rings. The minimum Gasteiger partial charge on any atom is -0.456 e. The number of benzene rings is 13. The van der Waals surface area contributed by atoms with Gasteiger partial charge in [-0.15, -0.1) is 0 Å². The Kier molecular flexibility index (Phi) is 10.4. The highest BCUT2D eigenvalue weighted by Crippen LogP contribution is 2.49. The summed E-state index contributed by atoms with van der Waals surface area (Å²) < 4.78 is 14.3. The molecule has 0 radical (unpaired) electrons. The summed E-state index contributed by atoms with van der Waals surface area (Å²) in [6.45, 7) is 4.27. The molecule has 7 heteroatoms. The van der Waals surface area contributed by atoms with Crippen LogP contribution in [0, 0.1) is 13.8 Å². The third kappa shape index (κ3) is 7.37. The lowest BCUT2D eigenvalue weighted by molar-refractivity contribution is 0.669. The summed E-state index contributed by atoms with van der Waals surface area (Å²) in [7, 11) is 0. The van der Waals surface area contributed by atoms with Crippen LogP contribution in [0.5, 0.6) is 0 Å². The predicted molar refractivity (Wildman–Crippen MR) is 349 cm³/mol. The highest BCUT2D eigenvalue weighted by molar-refractivity contribution is 7.00. The Morgan fingerprint density at radius 2 is 0.627 bits per heavy atom. The largest absolute Gasteiger partial charge is 0.456 e. The molecule has 0 atom stereocenters. The van der Waals surface area contributed by atoms with Crippen LogP contribution in [0.25, 0.3) is 65.4 Å². The fourth-order valence-corrected chi connectivity index (χ4v) is 13.6. The van der Waals surface area contributed by atoms with E-state index in [2.05, 4.69) is 306 Å². The summed E-state index contributed by atoms with van der Waals surface area (Å²) in [5.41, 5.74) is 22.8. The predicted octanol–water partition coefficient (Wildman–Crippen LogP) is 19.4. The first kappa shape index (κ1) is 47.1. The Morgan fingerprint density at radius 1 is 0.277 bits per heavy atom. The van der Waals surface area contributed by atoms with Crippen molar-refractivity contribution in [3.05, 3.63) is 284 Å². The molecule has 83 heavy (non-hydrogen) atoms. The molecule has 0 unspecified atom stereocenters. The van der Waals surface area contributed by atoms with Crippen LogP contribution in [-0.2, 0) is 0 Å². The number of furan rings is 2. The number of para-hydroxylation sites is 6. The van der Waals surface area contributed by atoms with Gasteiger partial charge in [0.1, 0.15) is 22.3 Å². The summed E-state index contributed by atoms with van der Waals surface area (Å²) in [5, 5.41) is 8.84. The summed E-state index contributed by atoms with van der Waals surface area (Å²) in [6, 6.07) is 98.9. The average Bonchev–Trinajstić information content (AvgIpc) is 1.83. The van der Waals surface area contributed by atoms with Crippen molar-refractivity contribution in [1.29, 1.82) is 0 Å². The van der Waals surface area contributed by atoms with Gasteiger partial charge in [0.2, 0.25) is 0 Å². The molecule has 4 heterocycles. The zero-order chi connectivity index (χ0) is 54.9. The van der Waals surface area contributed by atoms with Crippen LogP contribution in [0.1, 0.15) is 11.1 Å². The average molecular weight is 1060 g/mol. The Hall–Kier alpha value is -10.8. The van der Waals surface area contributed by atoms with Crippen molar-refractivity contribution in [3.63, 3.8) is 0 Å². The van der Waals surface area contributed by atoms with Gasteiger partial charge >= 0.3 is 0 Å². The van der Waals surface area contributed by atoms with Crippen LogP contribution >= 0.6 is 0 Å². The van der Waals surface area contributed by atoms with E-state index in [1.165, 1.54) is 27.5 Å². The minimum atomic E-state index is -0.172. The van der Waals surface area contributed by atoms with Crippen LogP contribution < -0.4 is 36.0 Å². The van der Waals surface area contributed by atoms with Gasteiger partial charge in [0.25, 0.3) is 6.71 Å². The van der Waals surface area contributed by atoms with E-state index in [0.717, 1.165) is 134 Å². The third-order valence-corrected chi connectivity index (χ3v) is 17.3. The second-order valence-corrected chi connectivity index (χ2v) is 22.2. The first-order valence-electron chi connectivity index (χ1n) is 28.5. The standard InChI is InChI=1S/C76H51BN4O2/c1-48-20-15-17-30-66(48)80-68-32-19-33-69-76(68)77(64-46-74-62(44-70(64)80)60-40-50-34-36-58(38-52(50)42-72(60)82-74)78(54-22-7-3-8-23-54)55-24-9-4-10-25-55)65-47-75-63(45-71(65)81(69)67-31-18-16-21-49(67)2)61-41-51-35-37-59(39-53(51)43-73(61)83-75)79(56-26-11-5-12-27-56)57-28-13-6-14-29-57/h3-47H,1-2H3. The fourth-order valence-electron chi connectivity index (χ4n) is 13.6. The summed E-state index contributed by atoms with van der Waals surface area (Å²) in [5.74, 6) is 0. The minimum absolute atomic E-state index is 0.172. The Morgan fingerprint density at radius 3 is 1.02 bits per heavy atom. The number of hydrogen-bond acceptors (Lipinski definition) is 6. The van der Waals surface area contributed by atoms with Crippen molar-refractivity contribution >= 4 is 157 Å². The lowest BCUT2D eigenvalue weighted by atomic mass is 9.33. The van der Waals surface area contributed by atoms with E-state index in [4.69, 9.17) is 8.83 Å². The van der Waals surface area contributed by atoms with E-state index in [-0.39, 0.29) is 6.71 Å². The van der Waals surface area contributed by atoms with Crippen LogP contribution in [0.15, 0.2) is 282 Å². The van der Waals surface area contributed by atoms with E-state index in [1.54, 1.807) is 0 Å². The van der Waals surface area contributed by atoms with Gasteiger partial charge in [-0.3, -0.25) is 0 Å². The quantitative estimate of drug-likeness (QED) is 0.141. The molecule has 390 valence electrons. The lowest BCUT2D eigenvalue weighted by Crippen LogP contribution is -2.61. The maximum atomic E-state index is 7.14. The van der Waals surface area contributed by atoms with Gasteiger partial charge in [0, 0.05) is 89.8 Å². The normalized spacial score (nSPS) is 12.6. The molecule has 13 aromatic carbocycles. The lowest BCUT2D eigenvalue weighted by Gasteiger charge is -2.44. The molecule has 0 spiro atoms. The molecule has 0 N–H and O–H groups in total. The van der Waals surface area contributed by atoms with Gasteiger partial charge in [-0.05, 0) is 209 Å². The molecular weight excluding hydrogens is 1010 g/mol. The molecule has 0 saturated carbocycles. The molecule has 0 saturated heterocycles. The first-order valence-corrected chi connectivity index (χ1v) is 28.5. The monoisotopic (exact) mass is 1060 g/mol. The van der Waals surface area contributed by atoms with Crippen molar-refractivity contribution in [2.75, 3.05) is 19.6 Å². The number of hydrogen-bond donors (Lipinski definition) is 0. The van der Waals surface area contributed by atoms with Gasteiger partial charge in [-0.1, -0.05) is 127 Å². The Labute approximate surface area is 480 Å². The maximum Gasteiger partial charge on any atom is 0.252 e. The SMILES string of the molecule is Cc1ccccc1N1c2cc3c(cc2B2c4cc5oc6cc7cc(N(c8ccccc8)c8ccccc8)ccc7cc6c5cc4N(c4ccccc4C)c4cccc1c42)oc1cc2cc(N(c4ccccc4)c4ccccc4)ccc2cc13. The van der Waals surface area contributed by atoms with Crippen LogP contribution in [0.4, 0.5) is 68.2 Å². The van der Waals surface area contributed by atoms with Crippen molar-refractivity contribution in [2.24, 2.45) is 0 Å². The molecule has 0 aliphatic carbocycles. The molecular formula is C76H51BN4O2. The summed E-state index contributed by atoms with van der Waals surface area (Å²) >= 11 is 0. The number of nitrogens with zero attached hydrogens (tertiary/aromatic N) is 4. The highest BCUT2D eigenvalue weighted by atomic mass is 16.3. The van der Waals surface area contributed by atoms with Gasteiger partial charge in [0.05, 0.1) is 0 Å². The smallest absolute Gasteiger partial charge is 0.252 e. The number of aryl methyl sites for hydroxylation is 2. The molecule has 15 aromatic rings. The molecule has 2 aliphatic rings. The molecule has 6 nitrogen and oxygen atoms in total. The molecule has 2 aliphatic heterocycles. The van der Waals surface area contributed by atoms with Crippen LogP contribution in [0.3, 0.4) is 0 Å². The second-order valence-electron chi connectivity index (χ2n) is 22.2. The van der Waals surface area contributed by atoms with E-state index in [9.17, 15) is 0 Å². The van der Waals surface area contributed by atoms with Crippen LogP contribution in [-0.4, -0.2) is 6.71 Å². The Balaban J connectivity index is 0.875. The van der Waals surface area contributed by atoms with Gasteiger partial charge < -0.3 is 28.4 Å². The number of fused-ring (bicyclic) bond motifs is 12. The third-order valence-electron chi connectivity index (χ3n) is 17.3. The number of rotatable bonds is 8. The molecule has 0 bridgehead atoms. The van der Waals surface area contributed by atoms with Crippen molar-refractivity contribution in [3.8, 4) is 0 Å². The first-order chi connectivity index (χ1) is 41.0. The fraction of sp³-hybridized carbons (Fsp3) is 0.0263.